The van der Waals surface area contributed by atoms with E-state index < -0.39 is 29.1 Å². The number of hydrogen-bond acceptors (Lipinski definition) is 7. The van der Waals surface area contributed by atoms with Crippen LogP contribution >= 0.6 is 0 Å². The Morgan fingerprint density at radius 1 is 0.741 bits per heavy atom. The van der Waals surface area contributed by atoms with Crippen LogP contribution in [0.4, 0.5) is 0 Å². The van der Waals surface area contributed by atoms with Gasteiger partial charge in [-0.1, -0.05) is 24.3 Å². The normalized spacial score (nSPS) is 14.6. The van der Waals surface area contributed by atoms with E-state index >= 15 is 0 Å². The minimum Gasteiger partial charge on any atom is -0.508 e. The highest BCUT2D eigenvalue weighted by molar-refractivity contribution is 6.46. The molecule has 3 rings (SSSR count). The van der Waals surface area contributed by atoms with Gasteiger partial charge in [0.1, 0.15) is 11.5 Å². The zero-order valence-electron chi connectivity index (χ0n) is 14.1. The van der Waals surface area contributed by atoms with Crippen LogP contribution in [0.2, 0.25) is 0 Å². The second kappa shape index (κ2) is 6.80. The van der Waals surface area contributed by atoms with Crippen molar-refractivity contribution >= 4 is 28.7 Å². The van der Waals surface area contributed by atoms with Crippen LogP contribution in [0.15, 0.2) is 60.0 Å². The largest absolute Gasteiger partial charge is 0.508 e. The van der Waals surface area contributed by atoms with Gasteiger partial charge in [-0.05, 0) is 35.4 Å². The first-order valence-electron chi connectivity index (χ1n) is 7.83. The molecule has 0 aromatic heterocycles. The number of aliphatic hydroxyl groups excluding tert-OH is 1. The van der Waals surface area contributed by atoms with Crippen molar-refractivity contribution in [1.29, 1.82) is 0 Å². The van der Waals surface area contributed by atoms with Crippen LogP contribution in [0.1, 0.15) is 18.1 Å². The van der Waals surface area contributed by atoms with E-state index in [-0.39, 0.29) is 33.8 Å². The summed E-state index contributed by atoms with van der Waals surface area (Å²) in [5.74, 6) is -4.00. The zero-order valence-corrected chi connectivity index (χ0v) is 14.1. The molecule has 2 aromatic rings. The van der Waals surface area contributed by atoms with Gasteiger partial charge in [0.25, 0.3) is 0 Å². The van der Waals surface area contributed by atoms with E-state index in [0.717, 1.165) is 6.92 Å². The van der Waals surface area contributed by atoms with Crippen LogP contribution in [-0.4, -0.2) is 32.9 Å². The molecule has 27 heavy (non-hydrogen) atoms. The van der Waals surface area contributed by atoms with Crippen LogP contribution < -0.4 is 0 Å². The second-order valence-corrected chi connectivity index (χ2v) is 5.77. The van der Waals surface area contributed by atoms with Gasteiger partial charge in [0.05, 0.1) is 11.1 Å². The van der Waals surface area contributed by atoms with Crippen molar-refractivity contribution in [2.24, 2.45) is 0 Å². The fourth-order valence-corrected chi connectivity index (χ4v) is 2.70. The molecule has 7 heteroatoms. The lowest BCUT2D eigenvalue weighted by Crippen LogP contribution is -2.25. The molecule has 0 amide bonds. The predicted molar refractivity (Wildman–Crippen MR) is 94.5 cm³/mol. The molecule has 2 aromatic carbocycles. The average molecular weight is 366 g/mol. The first-order valence-corrected chi connectivity index (χ1v) is 7.83. The summed E-state index contributed by atoms with van der Waals surface area (Å²) in [6, 6.07) is 10.6. The van der Waals surface area contributed by atoms with Gasteiger partial charge in [-0.25, -0.2) is 0 Å². The lowest BCUT2D eigenvalue weighted by Gasteiger charge is -2.20. The van der Waals surface area contributed by atoms with Crippen LogP contribution in [-0.2, 0) is 19.1 Å². The molecular weight excluding hydrogens is 352 g/mol. The van der Waals surface area contributed by atoms with E-state index in [1.54, 1.807) is 0 Å². The minimum atomic E-state index is -0.903. The average Bonchev–Trinajstić information content (AvgIpc) is 2.62. The Balaban J connectivity index is 2.20. The van der Waals surface area contributed by atoms with Crippen molar-refractivity contribution in [2.75, 3.05) is 0 Å². The number of ketones is 2. The third kappa shape index (κ3) is 3.30. The van der Waals surface area contributed by atoms with E-state index in [0.29, 0.717) is 0 Å². The quantitative estimate of drug-likeness (QED) is 0.563. The number of rotatable bonds is 3. The fourth-order valence-electron chi connectivity index (χ4n) is 2.70. The molecule has 0 atom stereocenters. The van der Waals surface area contributed by atoms with Gasteiger partial charge in [-0.3, -0.25) is 14.4 Å². The van der Waals surface area contributed by atoms with Gasteiger partial charge >= 0.3 is 5.97 Å². The molecule has 3 N–H and O–H groups in total. The van der Waals surface area contributed by atoms with Gasteiger partial charge in [-0.15, -0.1) is 0 Å². The molecule has 136 valence electrons. The topological polar surface area (TPSA) is 121 Å². The summed E-state index contributed by atoms with van der Waals surface area (Å²) in [5.41, 5.74) is -0.245. The maximum absolute atomic E-state index is 12.9. The molecule has 0 bridgehead atoms. The number of allylic oxidation sites excluding steroid dienone is 2. The summed E-state index contributed by atoms with van der Waals surface area (Å²) in [7, 11) is 0. The number of phenolic OH excluding ortho intramolecular Hbond substituents is 2. The van der Waals surface area contributed by atoms with Gasteiger partial charge < -0.3 is 20.1 Å². The number of ether oxygens (including phenoxy) is 1. The van der Waals surface area contributed by atoms with Crippen LogP contribution in [0.3, 0.4) is 0 Å². The van der Waals surface area contributed by atoms with Crippen LogP contribution in [0.25, 0.3) is 11.1 Å². The highest BCUT2D eigenvalue weighted by atomic mass is 16.5. The van der Waals surface area contributed by atoms with Crippen molar-refractivity contribution in [3.63, 3.8) is 0 Å². The Bertz CT molecular complexity index is 1010. The van der Waals surface area contributed by atoms with Crippen LogP contribution in [0.5, 0.6) is 11.5 Å². The smallest absolute Gasteiger partial charge is 0.308 e. The number of carbonyl (C=O) groups is 3. The predicted octanol–water partition coefficient (Wildman–Crippen LogP) is 2.49. The number of esters is 1. The van der Waals surface area contributed by atoms with E-state index in [4.69, 9.17) is 4.74 Å². The Morgan fingerprint density at radius 2 is 1.19 bits per heavy atom. The molecule has 0 saturated carbocycles. The number of carbonyl (C=O) groups excluding carboxylic acids is 3. The SMILES string of the molecule is CC(=O)OC1=C(c2ccc(O)cc2)C(=O)C(O)=C(c2ccc(O)cc2)C1=O. The Labute approximate surface area is 153 Å². The third-order valence-corrected chi connectivity index (χ3v) is 3.90. The molecule has 0 spiro atoms. The van der Waals surface area contributed by atoms with Crippen molar-refractivity contribution in [2.45, 2.75) is 6.92 Å². The summed E-state index contributed by atoms with van der Waals surface area (Å²) in [6.45, 7) is 1.08. The molecule has 0 unspecified atom stereocenters. The van der Waals surface area contributed by atoms with Crippen molar-refractivity contribution < 1.29 is 34.4 Å². The van der Waals surface area contributed by atoms with Gasteiger partial charge in [0.15, 0.2) is 11.5 Å². The number of aromatic hydroxyl groups is 2. The molecule has 0 saturated heterocycles. The second-order valence-electron chi connectivity index (χ2n) is 5.77. The number of Topliss-reactive ketones (excluding diaryl/α,β-unsaturated/α-hetero) is 2. The Hall–Kier alpha value is -3.87. The van der Waals surface area contributed by atoms with Crippen molar-refractivity contribution in [3.05, 3.63) is 71.2 Å². The highest BCUT2D eigenvalue weighted by Crippen LogP contribution is 2.36. The van der Waals surface area contributed by atoms with Gasteiger partial charge in [-0.2, -0.15) is 0 Å². The molecule has 0 radical (unpaired) electrons. The van der Waals surface area contributed by atoms with Gasteiger partial charge in [0.2, 0.25) is 11.6 Å². The molecule has 1 aliphatic carbocycles. The number of benzene rings is 2. The lowest BCUT2D eigenvalue weighted by atomic mass is 9.86. The summed E-state index contributed by atoms with van der Waals surface area (Å²) in [6.07, 6.45) is 0. The fraction of sp³-hybridized carbons (Fsp3) is 0.0500. The molecular formula is C20H14O7. The zero-order chi connectivity index (χ0) is 19.7. The molecule has 0 fully saturated rings. The first-order chi connectivity index (χ1) is 12.8. The monoisotopic (exact) mass is 366 g/mol. The standard InChI is InChI=1S/C20H14O7/c1-10(21)27-20-16(12-4-8-14(23)9-5-12)18(25)17(24)15(19(20)26)11-2-6-13(22)7-3-11/h2-9,22-24H,1H3. The Kier molecular flexibility index (Phi) is 4.51. The molecule has 1 aliphatic rings. The third-order valence-electron chi connectivity index (χ3n) is 3.90. The maximum Gasteiger partial charge on any atom is 0.308 e. The number of aliphatic hydroxyl groups is 1. The van der Waals surface area contributed by atoms with E-state index in [1.807, 2.05) is 0 Å². The first kappa shape index (κ1) is 17.9. The maximum atomic E-state index is 12.9. The molecule has 7 nitrogen and oxygen atoms in total. The highest BCUT2D eigenvalue weighted by Gasteiger charge is 2.38. The van der Waals surface area contributed by atoms with Crippen molar-refractivity contribution in [1.82, 2.24) is 0 Å². The van der Waals surface area contributed by atoms with Gasteiger partial charge in [0, 0.05) is 6.92 Å². The van der Waals surface area contributed by atoms with E-state index in [9.17, 15) is 29.7 Å². The molecule has 0 aliphatic heterocycles. The minimum absolute atomic E-state index is 0.0611. The lowest BCUT2D eigenvalue weighted by molar-refractivity contribution is -0.139. The summed E-state index contributed by atoms with van der Waals surface area (Å²) >= 11 is 0. The van der Waals surface area contributed by atoms with E-state index in [2.05, 4.69) is 0 Å². The van der Waals surface area contributed by atoms with Crippen LogP contribution in [0, 0.1) is 0 Å². The summed E-state index contributed by atoms with van der Waals surface area (Å²) in [5, 5.41) is 29.2. The Morgan fingerprint density at radius 3 is 1.63 bits per heavy atom. The van der Waals surface area contributed by atoms with Crippen molar-refractivity contribution in [3.8, 4) is 11.5 Å². The number of hydrogen-bond donors (Lipinski definition) is 3. The van der Waals surface area contributed by atoms with E-state index in [1.165, 1.54) is 48.5 Å². The number of phenols is 2. The summed E-state index contributed by atoms with van der Waals surface area (Å²) < 4.78 is 5.01. The summed E-state index contributed by atoms with van der Waals surface area (Å²) in [4.78, 5) is 37.2. The molecule has 0 heterocycles.